The van der Waals surface area contributed by atoms with E-state index in [1.54, 1.807) is 40.2 Å². The number of nitrogens with zero attached hydrogens (tertiary/aromatic N) is 1. The van der Waals surface area contributed by atoms with E-state index in [0.29, 0.717) is 34.3 Å². The molecule has 2 aromatic carbocycles. The number of H-pyrrole nitrogens is 1. The molecule has 2 aliphatic rings. The number of fused-ring (bicyclic) bond motifs is 3. The molecule has 0 aromatic heterocycles. The maximum absolute atomic E-state index is 13.9. The first-order valence-corrected chi connectivity index (χ1v) is 11.0. The molecular formula is C25H27FN4O5. The Labute approximate surface area is 201 Å². The number of halogens is 1. The lowest BCUT2D eigenvalue weighted by Crippen LogP contribution is -2.47. The van der Waals surface area contributed by atoms with Gasteiger partial charge in [-0.1, -0.05) is 19.9 Å². The highest BCUT2D eigenvalue weighted by Crippen LogP contribution is 2.43. The molecule has 1 heterocycles. The molecule has 1 aliphatic heterocycles. The van der Waals surface area contributed by atoms with Crippen LogP contribution in [0.2, 0.25) is 0 Å². The van der Waals surface area contributed by atoms with Crippen molar-refractivity contribution in [2.24, 2.45) is 5.92 Å². The predicted molar refractivity (Wildman–Crippen MR) is 130 cm³/mol. The summed E-state index contributed by atoms with van der Waals surface area (Å²) in [6.45, 7) is 3.60. The Morgan fingerprint density at radius 1 is 1.03 bits per heavy atom. The SMILES string of the molecule is COC(=O)C(NC(=O)n1[nH]c2c3cc(OC)c(OC)cc3cc-2c1Nc1cccc(F)c1)C(C)C. The molecule has 3 N–H and O–H groups in total. The first-order valence-electron chi connectivity index (χ1n) is 11.0. The molecular weight excluding hydrogens is 455 g/mol. The van der Waals surface area contributed by atoms with Crippen molar-refractivity contribution in [1.29, 1.82) is 0 Å². The number of esters is 1. The molecule has 4 rings (SSSR count). The molecule has 9 nitrogen and oxygen atoms in total. The summed E-state index contributed by atoms with van der Waals surface area (Å²) < 4.78 is 30.8. The van der Waals surface area contributed by atoms with E-state index >= 15 is 0 Å². The molecule has 0 saturated heterocycles. The summed E-state index contributed by atoms with van der Waals surface area (Å²) in [5.41, 5.74) is 1.77. The number of ether oxygens (including phenoxy) is 3. The van der Waals surface area contributed by atoms with E-state index in [1.165, 1.54) is 23.9 Å². The van der Waals surface area contributed by atoms with E-state index in [9.17, 15) is 14.0 Å². The van der Waals surface area contributed by atoms with Crippen LogP contribution in [0.15, 0.2) is 42.5 Å². The summed E-state index contributed by atoms with van der Waals surface area (Å²) in [6.07, 6.45) is 0. The summed E-state index contributed by atoms with van der Waals surface area (Å²) in [6, 6.07) is 9.99. The number of hydrogen-bond acceptors (Lipinski definition) is 6. The number of methoxy groups -OCH3 is 3. The van der Waals surface area contributed by atoms with Crippen LogP contribution in [0.5, 0.6) is 11.5 Å². The number of benzene rings is 2. The van der Waals surface area contributed by atoms with Gasteiger partial charge in [-0.15, -0.1) is 0 Å². The molecule has 0 radical (unpaired) electrons. The van der Waals surface area contributed by atoms with Gasteiger partial charge in [-0.05, 0) is 47.7 Å². The minimum Gasteiger partial charge on any atom is -0.493 e. The highest BCUT2D eigenvalue weighted by Gasteiger charge is 2.29. The van der Waals surface area contributed by atoms with Crippen LogP contribution in [-0.4, -0.2) is 49.2 Å². The van der Waals surface area contributed by atoms with Crippen LogP contribution in [0.3, 0.4) is 0 Å². The number of rotatable bonds is 7. The van der Waals surface area contributed by atoms with E-state index in [-0.39, 0.29) is 5.92 Å². The van der Waals surface area contributed by atoms with Gasteiger partial charge in [-0.25, -0.2) is 14.0 Å². The van der Waals surface area contributed by atoms with Crippen molar-refractivity contribution >= 4 is 34.3 Å². The highest BCUT2D eigenvalue weighted by molar-refractivity contribution is 6.07. The Kier molecular flexibility index (Phi) is 6.54. The first-order chi connectivity index (χ1) is 16.8. The summed E-state index contributed by atoms with van der Waals surface area (Å²) in [7, 11) is 4.37. The number of carbonyl (C=O) groups is 2. The number of aromatic nitrogens is 2. The number of nitrogens with one attached hydrogen (secondary N) is 3. The molecule has 0 fully saturated rings. The molecule has 1 amide bonds. The average Bonchev–Trinajstić information content (AvgIpc) is 3.36. The Balaban J connectivity index is 1.86. The summed E-state index contributed by atoms with van der Waals surface area (Å²) in [4.78, 5) is 25.6. The van der Waals surface area contributed by atoms with Crippen molar-refractivity contribution in [3.8, 4) is 22.8 Å². The van der Waals surface area contributed by atoms with E-state index in [2.05, 4.69) is 15.7 Å². The Hall–Kier alpha value is -4.21. The molecule has 1 atom stereocenters. The predicted octanol–water partition coefficient (Wildman–Crippen LogP) is 4.73. The van der Waals surface area contributed by atoms with Crippen molar-refractivity contribution < 1.29 is 28.2 Å². The van der Waals surface area contributed by atoms with Crippen LogP contribution < -0.4 is 20.1 Å². The van der Waals surface area contributed by atoms with E-state index in [0.717, 1.165) is 10.8 Å². The second kappa shape index (κ2) is 9.57. The van der Waals surface area contributed by atoms with Crippen molar-refractivity contribution in [3.05, 3.63) is 48.3 Å². The number of aromatic amines is 1. The van der Waals surface area contributed by atoms with Gasteiger partial charge in [0.05, 0.1) is 27.0 Å². The standard InChI is InChI=1S/C25H27FN4O5/c1-13(2)21(24(31)35-5)28-25(32)30-23(27-16-8-6-7-15(26)11-16)18-9-14-10-19(33-3)20(34-4)12-17(14)22(18)29-30/h6-13,21,27,29H,1-5H3,(H,28,32). The third kappa shape index (κ3) is 4.46. The van der Waals surface area contributed by atoms with Gasteiger partial charge in [-0.2, -0.15) is 4.68 Å². The third-order valence-electron chi connectivity index (χ3n) is 5.79. The van der Waals surface area contributed by atoms with Crippen LogP contribution in [-0.2, 0) is 9.53 Å². The van der Waals surface area contributed by atoms with Gasteiger partial charge in [-0.3, -0.25) is 5.10 Å². The quantitative estimate of drug-likeness (QED) is 0.329. The minimum absolute atomic E-state index is 0.211. The van der Waals surface area contributed by atoms with Gasteiger partial charge in [0, 0.05) is 16.6 Å². The van der Waals surface area contributed by atoms with Crippen molar-refractivity contribution in [2.45, 2.75) is 19.9 Å². The van der Waals surface area contributed by atoms with Crippen LogP contribution in [0, 0.1) is 11.7 Å². The second-order valence-corrected chi connectivity index (χ2v) is 8.35. The van der Waals surface area contributed by atoms with E-state index in [4.69, 9.17) is 14.2 Å². The van der Waals surface area contributed by atoms with Crippen molar-refractivity contribution in [3.63, 3.8) is 0 Å². The van der Waals surface area contributed by atoms with Gasteiger partial charge in [0.1, 0.15) is 17.7 Å². The fraction of sp³-hybridized carbons (Fsp3) is 0.280. The number of amides is 1. The summed E-state index contributed by atoms with van der Waals surface area (Å²) in [5, 5.41) is 10.6. The molecule has 1 aliphatic carbocycles. The lowest BCUT2D eigenvalue weighted by Gasteiger charge is -2.20. The fourth-order valence-corrected chi connectivity index (χ4v) is 4.00. The Bertz CT molecular complexity index is 1360. The number of anilines is 2. The second-order valence-electron chi connectivity index (χ2n) is 8.35. The molecule has 2 aromatic rings. The van der Waals surface area contributed by atoms with Crippen molar-refractivity contribution in [2.75, 3.05) is 26.6 Å². The fourth-order valence-electron chi connectivity index (χ4n) is 4.00. The monoisotopic (exact) mass is 482 g/mol. The third-order valence-corrected chi connectivity index (χ3v) is 5.79. The van der Waals surface area contributed by atoms with Crippen LogP contribution in [0.4, 0.5) is 20.7 Å². The van der Waals surface area contributed by atoms with Gasteiger partial charge >= 0.3 is 12.0 Å². The zero-order valence-electron chi connectivity index (χ0n) is 20.1. The molecule has 0 spiro atoms. The highest BCUT2D eigenvalue weighted by atomic mass is 19.1. The normalized spacial score (nSPS) is 12.1. The summed E-state index contributed by atoms with van der Waals surface area (Å²) >= 11 is 0. The minimum atomic E-state index is -0.860. The van der Waals surface area contributed by atoms with Crippen molar-refractivity contribution in [1.82, 2.24) is 15.1 Å². The molecule has 10 heteroatoms. The molecule has 184 valence electrons. The largest absolute Gasteiger partial charge is 0.493 e. The zero-order chi connectivity index (χ0) is 25.3. The topological polar surface area (TPSA) is 107 Å². The lowest BCUT2D eigenvalue weighted by molar-refractivity contribution is -0.143. The van der Waals surface area contributed by atoms with Gasteiger partial charge < -0.3 is 24.8 Å². The lowest BCUT2D eigenvalue weighted by atomic mass is 10.1. The van der Waals surface area contributed by atoms with Gasteiger partial charge in [0.2, 0.25) is 0 Å². The summed E-state index contributed by atoms with van der Waals surface area (Å²) in [5.74, 6) is 0.271. The Morgan fingerprint density at radius 2 is 1.74 bits per heavy atom. The smallest absolute Gasteiger partial charge is 0.342 e. The van der Waals surface area contributed by atoms with Gasteiger partial charge in [0.15, 0.2) is 11.5 Å². The average molecular weight is 483 g/mol. The zero-order valence-corrected chi connectivity index (χ0v) is 20.1. The molecule has 0 saturated carbocycles. The van der Waals surface area contributed by atoms with E-state index in [1.807, 2.05) is 18.2 Å². The van der Waals surface area contributed by atoms with Crippen LogP contribution in [0.1, 0.15) is 13.8 Å². The maximum atomic E-state index is 13.9. The molecule has 1 unspecified atom stereocenters. The molecule has 0 bridgehead atoms. The maximum Gasteiger partial charge on any atom is 0.342 e. The van der Waals surface area contributed by atoms with Gasteiger partial charge in [0.25, 0.3) is 0 Å². The van der Waals surface area contributed by atoms with E-state index < -0.39 is 23.9 Å². The number of carbonyl (C=O) groups excluding carboxylic acids is 2. The first kappa shape index (κ1) is 23.9. The van der Waals surface area contributed by atoms with Crippen LogP contribution in [0.25, 0.3) is 22.0 Å². The van der Waals surface area contributed by atoms with Crippen LogP contribution >= 0.6 is 0 Å². The number of hydrogen-bond donors (Lipinski definition) is 3. The molecule has 35 heavy (non-hydrogen) atoms. The Morgan fingerprint density at radius 3 is 2.37 bits per heavy atom.